The molecule has 1 N–H and O–H groups in total. The fourth-order valence-corrected chi connectivity index (χ4v) is 1.42. The van der Waals surface area contributed by atoms with Gasteiger partial charge in [0, 0.05) is 11.4 Å². The Morgan fingerprint density at radius 1 is 1.60 bits per heavy atom. The predicted octanol–water partition coefficient (Wildman–Crippen LogP) is 1.56. The monoisotopic (exact) mass is 232 g/mol. The third-order valence-electron chi connectivity index (χ3n) is 1.82. The fourth-order valence-electron chi connectivity index (χ4n) is 1.17. The van der Waals surface area contributed by atoms with Crippen molar-refractivity contribution >= 4 is 17.6 Å². The Morgan fingerprint density at radius 3 is 2.80 bits per heavy atom. The fraction of sp³-hybridized carbons (Fsp3) is 0.300. The lowest BCUT2D eigenvalue weighted by atomic mass is 10.1. The average Bonchev–Trinajstić information content (AvgIpc) is 2.14. The summed E-state index contributed by atoms with van der Waals surface area (Å²) in [5.41, 5.74) is 0.443. The van der Waals surface area contributed by atoms with E-state index >= 15 is 0 Å². The summed E-state index contributed by atoms with van der Waals surface area (Å²) in [6.07, 6.45) is -1.32. The van der Waals surface area contributed by atoms with Gasteiger partial charge in [0.15, 0.2) is 6.10 Å². The van der Waals surface area contributed by atoms with Crippen LogP contribution in [0.4, 0.5) is 4.39 Å². The van der Waals surface area contributed by atoms with Crippen LogP contribution < -0.4 is 0 Å². The Labute approximate surface area is 91.4 Å². The molecule has 5 heteroatoms. The molecule has 1 aromatic rings. The zero-order valence-corrected chi connectivity index (χ0v) is 8.79. The Bertz CT molecular complexity index is 347. The van der Waals surface area contributed by atoms with Crippen LogP contribution in [-0.4, -0.2) is 24.3 Å². The highest BCUT2D eigenvalue weighted by molar-refractivity contribution is 6.30. The van der Waals surface area contributed by atoms with Gasteiger partial charge in [-0.1, -0.05) is 11.6 Å². The average molecular weight is 233 g/mol. The summed E-state index contributed by atoms with van der Waals surface area (Å²) >= 11 is 5.61. The van der Waals surface area contributed by atoms with Crippen LogP contribution in [-0.2, 0) is 16.0 Å². The van der Waals surface area contributed by atoms with Crippen molar-refractivity contribution in [2.24, 2.45) is 0 Å². The highest BCUT2D eigenvalue weighted by Crippen LogP contribution is 2.15. The lowest BCUT2D eigenvalue weighted by Crippen LogP contribution is -2.24. The molecule has 0 aliphatic carbocycles. The molecule has 0 radical (unpaired) electrons. The second-order valence-corrected chi connectivity index (χ2v) is 3.46. The van der Waals surface area contributed by atoms with Crippen molar-refractivity contribution in [3.8, 4) is 0 Å². The standard InChI is InChI=1S/C10H10ClFO3/c1-15-10(14)9(13)4-6-2-7(11)5-8(12)3-6/h2-3,5,9,13H,4H2,1H3. The van der Waals surface area contributed by atoms with Crippen molar-refractivity contribution < 1.29 is 19.0 Å². The van der Waals surface area contributed by atoms with Crippen molar-refractivity contribution in [3.05, 3.63) is 34.6 Å². The van der Waals surface area contributed by atoms with Crippen molar-refractivity contribution in [2.75, 3.05) is 7.11 Å². The van der Waals surface area contributed by atoms with Gasteiger partial charge in [0.25, 0.3) is 0 Å². The van der Waals surface area contributed by atoms with E-state index in [4.69, 9.17) is 11.6 Å². The Kier molecular flexibility index (Phi) is 4.05. The maximum absolute atomic E-state index is 12.9. The number of aliphatic hydroxyl groups is 1. The van der Waals surface area contributed by atoms with Crippen LogP contribution in [0.15, 0.2) is 18.2 Å². The van der Waals surface area contributed by atoms with Crippen LogP contribution in [0.1, 0.15) is 5.56 Å². The second kappa shape index (κ2) is 5.09. The van der Waals surface area contributed by atoms with Gasteiger partial charge < -0.3 is 9.84 Å². The SMILES string of the molecule is COC(=O)C(O)Cc1cc(F)cc(Cl)c1. The summed E-state index contributed by atoms with van der Waals surface area (Å²) in [4.78, 5) is 10.9. The lowest BCUT2D eigenvalue weighted by Gasteiger charge is -2.08. The van der Waals surface area contributed by atoms with Gasteiger partial charge in [0.05, 0.1) is 7.11 Å². The van der Waals surface area contributed by atoms with Gasteiger partial charge in [-0.2, -0.15) is 0 Å². The van der Waals surface area contributed by atoms with Crippen LogP contribution in [0.3, 0.4) is 0 Å². The second-order valence-electron chi connectivity index (χ2n) is 3.02. The van der Waals surface area contributed by atoms with Crippen molar-refractivity contribution in [1.82, 2.24) is 0 Å². The summed E-state index contributed by atoms with van der Waals surface area (Å²) < 4.78 is 17.2. The molecule has 0 saturated carbocycles. The zero-order chi connectivity index (χ0) is 11.4. The molecule has 0 aliphatic heterocycles. The topological polar surface area (TPSA) is 46.5 Å². The number of rotatable bonds is 3. The molecule has 1 aromatic carbocycles. The smallest absolute Gasteiger partial charge is 0.335 e. The first-order chi connectivity index (χ1) is 7.02. The number of benzene rings is 1. The normalized spacial score (nSPS) is 12.3. The van der Waals surface area contributed by atoms with E-state index < -0.39 is 17.9 Å². The van der Waals surface area contributed by atoms with E-state index in [2.05, 4.69) is 4.74 Å². The maximum Gasteiger partial charge on any atom is 0.335 e. The van der Waals surface area contributed by atoms with Crippen LogP contribution in [0.25, 0.3) is 0 Å². The summed E-state index contributed by atoms with van der Waals surface area (Å²) in [5, 5.41) is 9.54. The lowest BCUT2D eigenvalue weighted by molar-refractivity contribution is -0.150. The quantitative estimate of drug-likeness (QED) is 0.805. The van der Waals surface area contributed by atoms with Gasteiger partial charge in [-0.15, -0.1) is 0 Å². The highest BCUT2D eigenvalue weighted by Gasteiger charge is 2.16. The van der Waals surface area contributed by atoms with Gasteiger partial charge in [-0.25, -0.2) is 9.18 Å². The largest absolute Gasteiger partial charge is 0.467 e. The Balaban J connectivity index is 2.76. The highest BCUT2D eigenvalue weighted by atomic mass is 35.5. The molecule has 0 fully saturated rings. The van der Waals surface area contributed by atoms with Gasteiger partial charge in [0.2, 0.25) is 0 Å². The first kappa shape index (κ1) is 11.9. The molecule has 1 rings (SSSR count). The van der Waals surface area contributed by atoms with Crippen LogP contribution >= 0.6 is 11.6 Å². The number of esters is 1. The van der Waals surface area contributed by atoms with E-state index in [9.17, 15) is 14.3 Å². The number of halogens is 2. The minimum Gasteiger partial charge on any atom is -0.467 e. The first-order valence-corrected chi connectivity index (χ1v) is 4.61. The molecule has 1 atom stereocenters. The summed E-state index contributed by atoms with van der Waals surface area (Å²) in [5.74, 6) is -1.26. The number of carbonyl (C=O) groups is 1. The van der Waals surface area contributed by atoms with Gasteiger partial charge in [-0.3, -0.25) is 0 Å². The van der Waals surface area contributed by atoms with E-state index in [-0.39, 0.29) is 11.4 Å². The van der Waals surface area contributed by atoms with E-state index in [1.807, 2.05) is 0 Å². The van der Waals surface area contributed by atoms with E-state index in [0.717, 1.165) is 6.07 Å². The third-order valence-corrected chi connectivity index (χ3v) is 2.04. The van der Waals surface area contributed by atoms with Crippen LogP contribution in [0, 0.1) is 5.82 Å². The number of ether oxygens (including phenoxy) is 1. The minimum atomic E-state index is -1.30. The van der Waals surface area contributed by atoms with Gasteiger partial charge >= 0.3 is 5.97 Å². The molecule has 0 aliphatic rings. The van der Waals surface area contributed by atoms with E-state index in [1.54, 1.807) is 0 Å². The first-order valence-electron chi connectivity index (χ1n) is 4.24. The maximum atomic E-state index is 12.9. The molecule has 0 amide bonds. The molecule has 3 nitrogen and oxygen atoms in total. The van der Waals surface area contributed by atoms with Crippen molar-refractivity contribution in [1.29, 1.82) is 0 Å². The van der Waals surface area contributed by atoms with Crippen molar-refractivity contribution in [3.63, 3.8) is 0 Å². The Hall–Kier alpha value is -1.13. The third kappa shape index (κ3) is 3.49. The number of hydrogen-bond acceptors (Lipinski definition) is 3. The molecular formula is C10H10ClFO3. The van der Waals surface area contributed by atoms with Gasteiger partial charge in [0.1, 0.15) is 5.82 Å². The van der Waals surface area contributed by atoms with E-state index in [0.29, 0.717) is 5.56 Å². The number of methoxy groups -OCH3 is 1. The molecular weight excluding hydrogens is 223 g/mol. The number of carbonyl (C=O) groups excluding carboxylic acids is 1. The van der Waals surface area contributed by atoms with Crippen LogP contribution in [0.2, 0.25) is 5.02 Å². The predicted molar refractivity (Wildman–Crippen MR) is 53.1 cm³/mol. The summed E-state index contributed by atoms with van der Waals surface area (Å²) in [6.45, 7) is 0. The minimum absolute atomic E-state index is 0.0237. The molecule has 0 saturated heterocycles. The van der Waals surface area contributed by atoms with Gasteiger partial charge in [-0.05, 0) is 23.8 Å². The number of hydrogen-bond donors (Lipinski definition) is 1. The molecule has 0 heterocycles. The van der Waals surface area contributed by atoms with Crippen molar-refractivity contribution in [2.45, 2.75) is 12.5 Å². The summed E-state index contributed by atoms with van der Waals surface area (Å²) in [7, 11) is 1.17. The van der Waals surface area contributed by atoms with E-state index in [1.165, 1.54) is 19.2 Å². The Morgan fingerprint density at radius 2 is 2.27 bits per heavy atom. The molecule has 0 bridgehead atoms. The molecule has 0 spiro atoms. The summed E-state index contributed by atoms with van der Waals surface area (Å²) in [6, 6.07) is 3.84. The molecule has 15 heavy (non-hydrogen) atoms. The van der Waals surface area contributed by atoms with Crippen LogP contribution in [0.5, 0.6) is 0 Å². The molecule has 1 unspecified atom stereocenters. The molecule has 0 aromatic heterocycles. The number of aliphatic hydroxyl groups excluding tert-OH is 1. The molecule has 82 valence electrons. The zero-order valence-electron chi connectivity index (χ0n) is 8.04.